The maximum absolute atomic E-state index is 11.5. The van der Waals surface area contributed by atoms with Gasteiger partial charge in [-0.15, -0.1) is 0 Å². The molecule has 1 saturated heterocycles. The van der Waals surface area contributed by atoms with Crippen LogP contribution in [0.5, 0.6) is 5.88 Å². The second kappa shape index (κ2) is 6.54. The summed E-state index contributed by atoms with van der Waals surface area (Å²) in [7, 11) is 1.44. The van der Waals surface area contributed by atoms with Crippen molar-refractivity contribution in [1.82, 2.24) is 9.97 Å². The third-order valence-electron chi connectivity index (χ3n) is 3.34. The van der Waals surface area contributed by atoms with E-state index in [-0.39, 0.29) is 18.0 Å². The number of piperidine rings is 1. The summed E-state index contributed by atoms with van der Waals surface area (Å²) in [5, 5.41) is 0. The Bertz CT molecular complexity index is 457. The molecule has 0 radical (unpaired) electrons. The standard InChI is InChI=1S/C14H21N3O3/c1-10(2)20-13-8-12(15-9-16-13)17-6-4-11(5-7-17)14(18)19-3/h8-11H,4-7H2,1-3H3. The average molecular weight is 279 g/mol. The normalized spacial score (nSPS) is 16.3. The third kappa shape index (κ3) is 3.59. The Kier molecular flexibility index (Phi) is 4.76. The van der Waals surface area contributed by atoms with Gasteiger partial charge in [0.15, 0.2) is 0 Å². The molecule has 0 bridgehead atoms. The molecule has 0 unspecified atom stereocenters. The highest BCUT2D eigenvalue weighted by molar-refractivity contribution is 5.72. The summed E-state index contributed by atoms with van der Waals surface area (Å²) in [6.45, 7) is 5.50. The first-order chi connectivity index (χ1) is 9.60. The van der Waals surface area contributed by atoms with Gasteiger partial charge in [-0.1, -0.05) is 0 Å². The van der Waals surface area contributed by atoms with Gasteiger partial charge in [0, 0.05) is 19.2 Å². The van der Waals surface area contributed by atoms with Crippen LogP contribution in [0.15, 0.2) is 12.4 Å². The molecule has 1 fully saturated rings. The number of esters is 1. The van der Waals surface area contributed by atoms with E-state index < -0.39 is 0 Å². The molecule has 110 valence electrons. The van der Waals surface area contributed by atoms with Gasteiger partial charge in [-0.25, -0.2) is 9.97 Å². The average Bonchev–Trinajstić information content (AvgIpc) is 2.46. The number of anilines is 1. The van der Waals surface area contributed by atoms with Crippen LogP contribution in [0.4, 0.5) is 5.82 Å². The van der Waals surface area contributed by atoms with Crippen LogP contribution >= 0.6 is 0 Å². The molecule has 1 aromatic heterocycles. The molecule has 1 aliphatic rings. The Morgan fingerprint density at radius 1 is 1.35 bits per heavy atom. The topological polar surface area (TPSA) is 64.5 Å². The highest BCUT2D eigenvalue weighted by Crippen LogP contribution is 2.24. The van der Waals surface area contributed by atoms with E-state index in [1.165, 1.54) is 13.4 Å². The lowest BCUT2D eigenvalue weighted by molar-refractivity contribution is -0.146. The summed E-state index contributed by atoms with van der Waals surface area (Å²) in [6, 6.07) is 1.85. The van der Waals surface area contributed by atoms with E-state index >= 15 is 0 Å². The predicted octanol–water partition coefficient (Wildman–Crippen LogP) is 1.65. The zero-order valence-electron chi connectivity index (χ0n) is 12.2. The summed E-state index contributed by atoms with van der Waals surface area (Å²) < 4.78 is 10.4. The fraction of sp³-hybridized carbons (Fsp3) is 0.643. The largest absolute Gasteiger partial charge is 0.475 e. The van der Waals surface area contributed by atoms with Crippen LogP contribution in [0.2, 0.25) is 0 Å². The summed E-state index contributed by atoms with van der Waals surface area (Å²) in [6.07, 6.45) is 3.18. The van der Waals surface area contributed by atoms with Crippen LogP contribution in [-0.4, -0.2) is 42.2 Å². The third-order valence-corrected chi connectivity index (χ3v) is 3.34. The van der Waals surface area contributed by atoms with Crippen LogP contribution in [0.3, 0.4) is 0 Å². The molecule has 0 saturated carbocycles. The molecule has 0 aromatic carbocycles. The molecule has 1 aliphatic heterocycles. The number of hydrogen-bond acceptors (Lipinski definition) is 6. The van der Waals surface area contributed by atoms with E-state index in [1.807, 2.05) is 19.9 Å². The first-order valence-corrected chi connectivity index (χ1v) is 6.91. The molecule has 0 aliphatic carbocycles. The maximum atomic E-state index is 11.5. The molecule has 0 atom stereocenters. The molecule has 0 amide bonds. The Labute approximate surface area is 119 Å². The van der Waals surface area contributed by atoms with Gasteiger partial charge < -0.3 is 14.4 Å². The van der Waals surface area contributed by atoms with Crippen LogP contribution in [0.1, 0.15) is 26.7 Å². The monoisotopic (exact) mass is 279 g/mol. The van der Waals surface area contributed by atoms with Crippen molar-refractivity contribution in [2.24, 2.45) is 5.92 Å². The molecule has 0 N–H and O–H groups in total. The van der Waals surface area contributed by atoms with Crippen LogP contribution < -0.4 is 9.64 Å². The first-order valence-electron chi connectivity index (χ1n) is 6.91. The Balaban J connectivity index is 1.98. The summed E-state index contributed by atoms with van der Waals surface area (Å²) >= 11 is 0. The number of rotatable bonds is 4. The summed E-state index contributed by atoms with van der Waals surface area (Å²) in [5.41, 5.74) is 0. The van der Waals surface area contributed by atoms with Gasteiger partial charge in [0.2, 0.25) is 5.88 Å². The lowest BCUT2D eigenvalue weighted by Crippen LogP contribution is -2.37. The number of hydrogen-bond donors (Lipinski definition) is 0. The Morgan fingerprint density at radius 2 is 2.05 bits per heavy atom. The maximum Gasteiger partial charge on any atom is 0.308 e. The quantitative estimate of drug-likeness (QED) is 0.781. The van der Waals surface area contributed by atoms with Gasteiger partial charge in [-0.2, -0.15) is 0 Å². The molecular formula is C14H21N3O3. The minimum atomic E-state index is -0.115. The van der Waals surface area contributed by atoms with Crippen LogP contribution in [-0.2, 0) is 9.53 Å². The van der Waals surface area contributed by atoms with E-state index in [2.05, 4.69) is 14.9 Å². The minimum absolute atomic E-state index is 0.00414. The van der Waals surface area contributed by atoms with Gasteiger partial charge >= 0.3 is 5.97 Å². The lowest BCUT2D eigenvalue weighted by Gasteiger charge is -2.31. The fourth-order valence-corrected chi connectivity index (χ4v) is 2.32. The summed E-state index contributed by atoms with van der Waals surface area (Å²) in [4.78, 5) is 22.0. The van der Waals surface area contributed by atoms with E-state index in [1.54, 1.807) is 0 Å². The molecule has 2 rings (SSSR count). The summed E-state index contributed by atoms with van der Waals surface area (Å²) in [5.74, 6) is 1.32. The number of nitrogens with zero attached hydrogens (tertiary/aromatic N) is 3. The van der Waals surface area contributed by atoms with Crippen LogP contribution in [0, 0.1) is 5.92 Å². The second-order valence-corrected chi connectivity index (χ2v) is 5.17. The first kappa shape index (κ1) is 14.6. The molecular weight excluding hydrogens is 258 g/mol. The fourth-order valence-electron chi connectivity index (χ4n) is 2.32. The number of carbonyl (C=O) groups excluding carboxylic acids is 1. The SMILES string of the molecule is COC(=O)C1CCN(c2cc(OC(C)C)ncn2)CC1. The molecule has 0 spiro atoms. The van der Waals surface area contributed by atoms with Gasteiger partial charge in [0.05, 0.1) is 19.1 Å². The number of carbonyl (C=O) groups is 1. The van der Waals surface area contributed by atoms with Crippen molar-refractivity contribution >= 4 is 11.8 Å². The molecule has 6 heteroatoms. The molecule has 20 heavy (non-hydrogen) atoms. The smallest absolute Gasteiger partial charge is 0.308 e. The number of aromatic nitrogens is 2. The Hall–Kier alpha value is -1.85. The van der Waals surface area contributed by atoms with Crippen molar-refractivity contribution in [3.8, 4) is 5.88 Å². The minimum Gasteiger partial charge on any atom is -0.475 e. The highest BCUT2D eigenvalue weighted by atomic mass is 16.5. The number of methoxy groups -OCH3 is 1. The van der Waals surface area contributed by atoms with Gasteiger partial charge in [0.25, 0.3) is 0 Å². The van der Waals surface area contributed by atoms with Crippen LogP contribution in [0.25, 0.3) is 0 Å². The van der Waals surface area contributed by atoms with E-state index in [9.17, 15) is 4.79 Å². The zero-order chi connectivity index (χ0) is 14.5. The van der Waals surface area contributed by atoms with E-state index in [4.69, 9.17) is 9.47 Å². The molecule has 2 heterocycles. The van der Waals surface area contributed by atoms with E-state index in [0.717, 1.165) is 31.7 Å². The van der Waals surface area contributed by atoms with Gasteiger partial charge in [0.1, 0.15) is 12.1 Å². The lowest BCUT2D eigenvalue weighted by atomic mass is 9.97. The van der Waals surface area contributed by atoms with Gasteiger partial charge in [-0.3, -0.25) is 4.79 Å². The van der Waals surface area contributed by atoms with Crippen molar-refractivity contribution in [3.63, 3.8) is 0 Å². The van der Waals surface area contributed by atoms with Gasteiger partial charge in [-0.05, 0) is 26.7 Å². The Morgan fingerprint density at radius 3 is 2.65 bits per heavy atom. The van der Waals surface area contributed by atoms with Crippen molar-refractivity contribution in [1.29, 1.82) is 0 Å². The highest BCUT2D eigenvalue weighted by Gasteiger charge is 2.26. The van der Waals surface area contributed by atoms with Crippen molar-refractivity contribution in [2.45, 2.75) is 32.8 Å². The predicted molar refractivity (Wildman–Crippen MR) is 74.7 cm³/mol. The zero-order valence-corrected chi connectivity index (χ0v) is 12.2. The molecule has 1 aromatic rings. The van der Waals surface area contributed by atoms with Crippen molar-refractivity contribution in [3.05, 3.63) is 12.4 Å². The van der Waals surface area contributed by atoms with Crippen molar-refractivity contribution in [2.75, 3.05) is 25.1 Å². The van der Waals surface area contributed by atoms with Crippen molar-refractivity contribution < 1.29 is 14.3 Å². The van der Waals surface area contributed by atoms with E-state index in [0.29, 0.717) is 5.88 Å². The second-order valence-electron chi connectivity index (χ2n) is 5.17. The molecule has 6 nitrogen and oxygen atoms in total. The number of ether oxygens (including phenoxy) is 2.